The number of carbonyl (C=O) groups is 1. The van der Waals surface area contributed by atoms with Crippen molar-refractivity contribution in [2.24, 2.45) is 23.7 Å². The van der Waals surface area contributed by atoms with Crippen LogP contribution in [0.25, 0.3) is 0 Å². The summed E-state index contributed by atoms with van der Waals surface area (Å²) >= 11 is 0. The lowest BCUT2D eigenvalue weighted by Gasteiger charge is -2.54. The molecular weight excluding hydrogens is 354 g/mol. The van der Waals surface area contributed by atoms with Gasteiger partial charge in [0.1, 0.15) is 0 Å². The third kappa shape index (κ3) is 3.53. The zero-order chi connectivity index (χ0) is 18.5. The fourth-order valence-electron chi connectivity index (χ4n) is 5.56. The molecule has 5 rings (SSSR count). The van der Waals surface area contributed by atoms with Crippen molar-refractivity contribution in [3.05, 3.63) is 17.5 Å². The Morgan fingerprint density at radius 2 is 1.85 bits per heavy atom. The van der Waals surface area contributed by atoms with Crippen molar-refractivity contribution < 1.29 is 17.4 Å². The number of amides is 1. The van der Waals surface area contributed by atoms with Crippen LogP contribution >= 0.6 is 0 Å². The van der Waals surface area contributed by atoms with Gasteiger partial charge in [-0.05, 0) is 62.7 Å². The lowest BCUT2D eigenvalue weighted by atomic mass is 9.54. The summed E-state index contributed by atoms with van der Waals surface area (Å²) < 4.78 is 28.5. The molecule has 1 aromatic rings. The molecule has 0 radical (unpaired) electrons. The summed E-state index contributed by atoms with van der Waals surface area (Å²) in [4.78, 5) is 12.8. The van der Waals surface area contributed by atoms with Crippen LogP contribution in [0.2, 0.25) is 0 Å². The molecule has 1 heterocycles. The van der Waals surface area contributed by atoms with Crippen LogP contribution < -0.4 is 5.32 Å². The summed E-state index contributed by atoms with van der Waals surface area (Å²) in [6.07, 6.45) is 9.04. The first-order valence-electron chi connectivity index (χ1n) is 9.48. The van der Waals surface area contributed by atoms with Crippen LogP contribution in [0.5, 0.6) is 0 Å². The number of hydrogen-bond acceptors (Lipinski definition) is 5. The minimum absolute atomic E-state index is 0.0119. The number of rotatable bonds is 6. The largest absolute Gasteiger partial charge is 0.349 e. The Morgan fingerprint density at radius 1 is 1.23 bits per heavy atom. The lowest BCUT2D eigenvalue weighted by Crippen LogP contribution is -2.55. The minimum Gasteiger partial charge on any atom is -0.349 e. The fourth-order valence-corrected chi connectivity index (χ4v) is 5.94. The van der Waals surface area contributed by atoms with Gasteiger partial charge in [-0.2, -0.15) is 13.5 Å². The molecule has 8 heteroatoms. The van der Waals surface area contributed by atoms with Gasteiger partial charge in [0.15, 0.2) is 0 Å². The molecule has 144 valence electrons. The predicted molar refractivity (Wildman–Crippen MR) is 96.1 cm³/mol. The Kier molecular flexibility index (Phi) is 4.59. The molecule has 4 fully saturated rings. The van der Waals surface area contributed by atoms with Gasteiger partial charge in [0.25, 0.3) is 16.0 Å². The van der Waals surface area contributed by atoms with Gasteiger partial charge in [-0.1, -0.05) is 0 Å². The second-order valence-electron chi connectivity index (χ2n) is 8.32. The Morgan fingerprint density at radius 3 is 2.42 bits per heavy atom. The van der Waals surface area contributed by atoms with Gasteiger partial charge in [0.2, 0.25) is 0 Å². The van der Waals surface area contributed by atoms with E-state index in [1.807, 2.05) is 6.92 Å². The molecule has 0 unspecified atom stereocenters. The Labute approximate surface area is 154 Å². The summed E-state index contributed by atoms with van der Waals surface area (Å²) in [5.74, 6) is 2.97. The van der Waals surface area contributed by atoms with Crippen molar-refractivity contribution in [2.45, 2.75) is 51.6 Å². The van der Waals surface area contributed by atoms with Crippen molar-refractivity contribution in [2.75, 3.05) is 12.9 Å². The van der Waals surface area contributed by atoms with E-state index in [0.29, 0.717) is 30.0 Å². The van der Waals surface area contributed by atoms with Crippen LogP contribution in [0.15, 0.2) is 6.20 Å². The summed E-state index contributed by atoms with van der Waals surface area (Å²) in [5.41, 5.74) is 1.31. The van der Waals surface area contributed by atoms with Crippen LogP contribution in [-0.2, 0) is 20.8 Å². The first-order chi connectivity index (χ1) is 12.3. The Hall–Kier alpha value is -1.41. The first-order valence-corrected chi connectivity index (χ1v) is 11.3. The van der Waals surface area contributed by atoms with E-state index >= 15 is 0 Å². The average molecular weight is 381 g/mol. The molecule has 0 atom stereocenters. The zero-order valence-electron chi connectivity index (χ0n) is 15.3. The highest BCUT2D eigenvalue weighted by molar-refractivity contribution is 7.85. The first kappa shape index (κ1) is 18.0. The Balaban J connectivity index is 1.39. The summed E-state index contributed by atoms with van der Waals surface area (Å²) in [5, 5.41) is 7.52. The molecule has 26 heavy (non-hydrogen) atoms. The summed E-state index contributed by atoms with van der Waals surface area (Å²) in [6.45, 7) is 2.14. The second-order valence-corrected chi connectivity index (χ2v) is 9.97. The van der Waals surface area contributed by atoms with E-state index in [4.69, 9.17) is 4.18 Å². The van der Waals surface area contributed by atoms with E-state index in [2.05, 4.69) is 10.4 Å². The van der Waals surface area contributed by atoms with Crippen molar-refractivity contribution in [1.82, 2.24) is 15.1 Å². The van der Waals surface area contributed by atoms with Gasteiger partial charge in [-0.3, -0.25) is 13.7 Å². The molecule has 4 aliphatic carbocycles. The number of carbonyl (C=O) groups excluding carboxylic acids is 1. The molecule has 1 N–H and O–H groups in total. The SMILES string of the molecule is Cc1c(C(=O)NC2C3CC4CC(C3)CC2C4)cnn1CCOS(C)(=O)=O. The highest BCUT2D eigenvalue weighted by Crippen LogP contribution is 2.53. The number of nitrogens with one attached hydrogen (secondary N) is 1. The van der Waals surface area contributed by atoms with Crippen molar-refractivity contribution >= 4 is 16.0 Å². The molecule has 1 aromatic heterocycles. The quantitative estimate of drug-likeness (QED) is 0.758. The smallest absolute Gasteiger partial charge is 0.264 e. The average Bonchev–Trinajstić information content (AvgIpc) is 2.90. The standard InChI is InChI=1S/C18H27N3O4S/c1-11-16(10-19-21(11)3-4-25-26(2,23)24)18(22)20-17-14-6-12-5-13(8-14)9-15(17)7-12/h10,12-15,17H,3-9H2,1-2H3,(H,20,22). The van der Waals surface area contributed by atoms with Crippen molar-refractivity contribution in [1.29, 1.82) is 0 Å². The third-order valence-electron chi connectivity index (χ3n) is 6.47. The van der Waals surface area contributed by atoms with Crippen LogP contribution in [0.4, 0.5) is 0 Å². The monoisotopic (exact) mass is 381 g/mol. The molecule has 4 bridgehead atoms. The van der Waals surface area contributed by atoms with E-state index in [1.54, 1.807) is 10.9 Å². The molecule has 0 aromatic carbocycles. The predicted octanol–water partition coefficient (Wildman–Crippen LogP) is 1.72. The molecule has 0 spiro atoms. The molecule has 0 aliphatic heterocycles. The third-order valence-corrected chi connectivity index (χ3v) is 7.07. The molecule has 4 saturated carbocycles. The number of hydrogen-bond donors (Lipinski definition) is 1. The normalized spacial score (nSPS) is 32.8. The van der Waals surface area contributed by atoms with Crippen molar-refractivity contribution in [3.8, 4) is 0 Å². The van der Waals surface area contributed by atoms with E-state index in [1.165, 1.54) is 32.1 Å². The maximum Gasteiger partial charge on any atom is 0.264 e. The van der Waals surface area contributed by atoms with Crippen LogP contribution in [0.1, 0.15) is 48.2 Å². The van der Waals surface area contributed by atoms with Crippen LogP contribution in [0, 0.1) is 30.6 Å². The van der Waals surface area contributed by atoms with Gasteiger partial charge in [-0.25, -0.2) is 0 Å². The van der Waals surface area contributed by atoms with E-state index in [0.717, 1.165) is 23.8 Å². The van der Waals surface area contributed by atoms with Crippen molar-refractivity contribution in [3.63, 3.8) is 0 Å². The minimum atomic E-state index is -3.47. The number of aromatic nitrogens is 2. The topological polar surface area (TPSA) is 90.3 Å². The van der Waals surface area contributed by atoms with E-state index in [-0.39, 0.29) is 12.5 Å². The zero-order valence-corrected chi connectivity index (χ0v) is 16.2. The molecule has 0 saturated heterocycles. The van der Waals surface area contributed by atoms with Crippen LogP contribution in [-0.4, -0.2) is 43.0 Å². The molecular formula is C18H27N3O4S. The second kappa shape index (κ2) is 6.64. The van der Waals surface area contributed by atoms with Gasteiger partial charge >= 0.3 is 0 Å². The van der Waals surface area contributed by atoms with Gasteiger partial charge in [0, 0.05) is 11.7 Å². The highest BCUT2D eigenvalue weighted by Gasteiger charge is 2.48. The van der Waals surface area contributed by atoms with Crippen LogP contribution in [0.3, 0.4) is 0 Å². The van der Waals surface area contributed by atoms with E-state index in [9.17, 15) is 13.2 Å². The van der Waals surface area contributed by atoms with Gasteiger partial charge < -0.3 is 5.32 Å². The number of nitrogens with zero attached hydrogens (tertiary/aromatic N) is 2. The molecule has 7 nitrogen and oxygen atoms in total. The highest BCUT2D eigenvalue weighted by atomic mass is 32.2. The van der Waals surface area contributed by atoms with Gasteiger partial charge in [0.05, 0.1) is 31.2 Å². The summed E-state index contributed by atoms with van der Waals surface area (Å²) in [7, 11) is -3.47. The van der Waals surface area contributed by atoms with Gasteiger partial charge in [-0.15, -0.1) is 0 Å². The Bertz CT molecular complexity index is 773. The molecule has 4 aliphatic rings. The maximum atomic E-state index is 12.8. The molecule has 1 amide bonds. The fraction of sp³-hybridized carbons (Fsp3) is 0.778. The lowest BCUT2D eigenvalue weighted by molar-refractivity contribution is -0.0119. The van der Waals surface area contributed by atoms with E-state index < -0.39 is 10.1 Å². The maximum absolute atomic E-state index is 12.8. The summed E-state index contributed by atoms with van der Waals surface area (Å²) in [6, 6.07) is 0.298.